The van der Waals surface area contributed by atoms with Crippen LogP contribution in [0.15, 0.2) is 65.7 Å². The molecule has 3 aromatic rings. The molecule has 5 rings (SSSR count). The smallest absolute Gasteiger partial charge is 0.416 e. The minimum atomic E-state index is -4.42. The summed E-state index contributed by atoms with van der Waals surface area (Å²) in [5.74, 6) is 1.30. The molecule has 0 unspecified atom stereocenters. The Balaban J connectivity index is 1.55. The van der Waals surface area contributed by atoms with Crippen LogP contribution in [0.25, 0.3) is 0 Å². The van der Waals surface area contributed by atoms with Crippen molar-refractivity contribution in [3.63, 3.8) is 0 Å². The molecule has 0 saturated heterocycles. The average molecular weight is 475 g/mol. The fraction of sp³-hybridized carbons (Fsp3) is 0.208. The highest BCUT2D eigenvalue weighted by Crippen LogP contribution is 2.38. The third-order valence-electron chi connectivity index (χ3n) is 5.67. The molecule has 33 heavy (non-hydrogen) atoms. The van der Waals surface area contributed by atoms with Crippen LogP contribution in [0.1, 0.15) is 40.9 Å². The summed E-state index contributed by atoms with van der Waals surface area (Å²) in [7, 11) is 0. The first kappa shape index (κ1) is 21.6. The highest BCUT2D eigenvalue weighted by molar-refractivity contribution is 6.30. The fourth-order valence-electron chi connectivity index (χ4n) is 3.99. The fourth-order valence-corrected chi connectivity index (χ4v) is 4.17. The monoisotopic (exact) mass is 474 g/mol. The second kappa shape index (κ2) is 8.28. The molecule has 2 atom stereocenters. The zero-order valence-corrected chi connectivity index (χ0v) is 17.8. The molecule has 0 bridgehead atoms. The Kier molecular flexibility index (Phi) is 5.42. The predicted octanol–water partition coefficient (Wildman–Crippen LogP) is 6.02. The molecule has 170 valence electrons. The van der Waals surface area contributed by atoms with E-state index in [4.69, 9.17) is 26.1 Å². The van der Waals surface area contributed by atoms with Crippen molar-refractivity contribution in [2.45, 2.75) is 24.8 Å². The number of ether oxygens (including phenoxy) is 2. The van der Waals surface area contributed by atoms with Gasteiger partial charge >= 0.3 is 6.18 Å². The summed E-state index contributed by atoms with van der Waals surface area (Å²) in [6.45, 7) is 0.139. The highest BCUT2D eigenvalue weighted by atomic mass is 35.5. The largest absolute Gasteiger partial charge is 0.508 e. The van der Waals surface area contributed by atoms with E-state index >= 15 is 0 Å². The Morgan fingerprint density at radius 1 is 0.970 bits per heavy atom. The van der Waals surface area contributed by atoms with Gasteiger partial charge in [-0.05, 0) is 59.7 Å². The summed E-state index contributed by atoms with van der Waals surface area (Å²) < 4.78 is 49.9. The molecule has 2 N–H and O–H groups in total. The number of alkyl halides is 3. The molecule has 3 aromatic carbocycles. The van der Waals surface area contributed by atoms with Crippen molar-refractivity contribution in [2.75, 3.05) is 6.79 Å². The Morgan fingerprint density at radius 3 is 2.48 bits per heavy atom. The number of halogens is 4. The first-order chi connectivity index (χ1) is 15.8. The number of fused-ring (bicyclic) bond motifs is 1. The molecule has 9 heteroatoms. The Bertz CT molecular complexity index is 1230. The van der Waals surface area contributed by atoms with Gasteiger partial charge in [-0.3, -0.25) is 10.3 Å². The van der Waals surface area contributed by atoms with E-state index in [1.807, 2.05) is 12.1 Å². The lowest BCUT2D eigenvalue weighted by atomic mass is 9.93. The number of rotatable bonds is 3. The number of aromatic hydroxyl groups is 1. The Morgan fingerprint density at radius 2 is 1.73 bits per heavy atom. The van der Waals surface area contributed by atoms with E-state index in [-0.39, 0.29) is 18.6 Å². The van der Waals surface area contributed by atoms with Gasteiger partial charge in [-0.25, -0.2) is 0 Å². The van der Waals surface area contributed by atoms with Gasteiger partial charge in [-0.2, -0.15) is 13.2 Å². The molecular formula is C24H18ClF3N2O3. The van der Waals surface area contributed by atoms with Crippen molar-refractivity contribution in [2.24, 2.45) is 4.99 Å². The standard InChI is InChI=1S/C24H18ClF3N2O3/c25-16-6-7-20(31)17(10-16)19-11-18(14-3-8-21-22(9-14)33-12-32-21)29-23(30-19)13-1-4-15(5-2-13)24(26,27)28/h1-10,19,23,30-31H,11-12H2/t19-,23-/m0/s1. The van der Waals surface area contributed by atoms with E-state index in [9.17, 15) is 18.3 Å². The van der Waals surface area contributed by atoms with E-state index in [1.165, 1.54) is 18.2 Å². The quantitative estimate of drug-likeness (QED) is 0.487. The van der Waals surface area contributed by atoms with Gasteiger partial charge in [0.25, 0.3) is 0 Å². The van der Waals surface area contributed by atoms with E-state index < -0.39 is 17.9 Å². The zero-order valence-electron chi connectivity index (χ0n) is 17.1. The van der Waals surface area contributed by atoms with Crippen molar-refractivity contribution >= 4 is 17.3 Å². The second-order valence-corrected chi connectivity index (χ2v) is 8.23. The average Bonchev–Trinajstić information content (AvgIpc) is 3.28. The third kappa shape index (κ3) is 4.36. The minimum absolute atomic E-state index is 0.0648. The van der Waals surface area contributed by atoms with Crippen molar-refractivity contribution in [1.29, 1.82) is 0 Å². The van der Waals surface area contributed by atoms with E-state index in [1.54, 1.807) is 18.2 Å². The van der Waals surface area contributed by atoms with Gasteiger partial charge in [-0.1, -0.05) is 23.7 Å². The van der Waals surface area contributed by atoms with Gasteiger partial charge < -0.3 is 14.6 Å². The lowest BCUT2D eigenvalue weighted by Gasteiger charge is -2.31. The lowest BCUT2D eigenvalue weighted by Crippen LogP contribution is -2.33. The molecular weight excluding hydrogens is 457 g/mol. The Labute approximate surface area is 192 Å². The van der Waals surface area contributed by atoms with Crippen LogP contribution in [0.5, 0.6) is 17.2 Å². The number of nitrogens with one attached hydrogen (secondary N) is 1. The second-order valence-electron chi connectivity index (χ2n) is 7.79. The van der Waals surface area contributed by atoms with Crippen LogP contribution in [0, 0.1) is 0 Å². The van der Waals surface area contributed by atoms with Gasteiger partial charge in [0.15, 0.2) is 11.5 Å². The summed E-state index contributed by atoms with van der Waals surface area (Å²) in [5.41, 5.74) is 1.91. The predicted molar refractivity (Wildman–Crippen MR) is 117 cm³/mol. The van der Waals surface area contributed by atoms with Gasteiger partial charge in [0.1, 0.15) is 11.9 Å². The molecule has 0 saturated carbocycles. The Hall–Kier alpha value is -3.23. The van der Waals surface area contributed by atoms with Gasteiger partial charge in [0.2, 0.25) is 6.79 Å². The van der Waals surface area contributed by atoms with Crippen molar-refractivity contribution in [3.8, 4) is 17.2 Å². The molecule has 0 radical (unpaired) electrons. The molecule has 0 aromatic heterocycles. The van der Waals surface area contributed by atoms with E-state index in [0.717, 1.165) is 17.7 Å². The van der Waals surface area contributed by atoms with Crippen LogP contribution in [-0.2, 0) is 6.18 Å². The van der Waals surface area contributed by atoms with E-state index in [0.29, 0.717) is 39.8 Å². The van der Waals surface area contributed by atoms with Crippen LogP contribution < -0.4 is 14.8 Å². The highest BCUT2D eigenvalue weighted by Gasteiger charge is 2.32. The number of aliphatic imine (C=N–C) groups is 1. The topological polar surface area (TPSA) is 63.1 Å². The SMILES string of the molecule is Oc1ccc(Cl)cc1[C@@H]1CC(c2ccc3c(c2)OCO3)=N[C@H](c2ccc(C(F)(F)F)cc2)N1. The minimum Gasteiger partial charge on any atom is -0.508 e. The summed E-state index contributed by atoms with van der Waals surface area (Å²) in [6, 6.07) is 14.7. The normalized spacial score (nSPS) is 19.9. The van der Waals surface area contributed by atoms with Crippen LogP contribution in [0.2, 0.25) is 5.02 Å². The van der Waals surface area contributed by atoms with Crippen molar-refractivity contribution < 1.29 is 27.8 Å². The number of benzene rings is 3. The van der Waals surface area contributed by atoms with Gasteiger partial charge in [0.05, 0.1) is 5.56 Å². The van der Waals surface area contributed by atoms with Gasteiger partial charge in [-0.15, -0.1) is 0 Å². The van der Waals surface area contributed by atoms with Crippen LogP contribution in [0.3, 0.4) is 0 Å². The summed E-state index contributed by atoms with van der Waals surface area (Å²) in [6.07, 6.45) is -4.64. The molecule has 0 spiro atoms. The van der Waals surface area contributed by atoms with Gasteiger partial charge in [0, 0.05) is 28.8 Å². The van der Waals surface area contributed by atoms with E-state index in [2.05, 4.69) is 5.32 Å². The van der Waals surface area contributed by atoms with Crippen molar-refractivity contribution in [3.05, 3.63) is 87.9 Å². The number of hydrogen-bond acceptors (Lipinski definition) is 5. The molecule has 0 aliphatic carbocycles. The molecule has 2 aliphatic heterocycles. The lowest BCUT2D eigenvalue weighted by molar-refractivity contribution is -0.137. The maximum atomic E-state index is 13.0. The third-order valence-corrected chi connectivity index (χ3v) is 5.90. The maximum Gasteiger partial charge on any atom is 0.416 e. The molecule has 2 aliphatic rings. The molecule has 0 amide bonds. The number of phenolic OH excluding ortho intramolecular Hbond substituents is 1. The van der Waals surface area contributed by atoms with Crippen LogP contribution in [-0.4, -0.2) is 17.6 Å². The summed E-state index contributed by atoms with van der Waals surface area (Å²) >= 11 is 6.16. The molecule has 5 nitrogen and oxygen atoms in total. The summed E-state index contributed by atoms with van der Waals surface area (Å²) in [5, 5.41) is 14.2. The van der Waals surface area contributed by atoms with Crippen molar-refractivity contribution in [1.82, 2.24) is 5.32 Å². The first-order valence-electron chi connectivity index (χ1n) is 10.2. The number of hydrogen-bond donors (Lipinski definition) is 2. The van der Waals surface area contributed by atoms with Crippen LogP contribution in [0.4, 0.5) is 13.2 Å². The number of nitrogens with zero attached hydrogens (tertiary/aromatic N) is 1. The van der Waals surface area contributed by atoms with Crippen LogP contribution >= 0.6 is 11.6 Å². The molecule has 0 fully saturated rings. The summed E-state index contributed by atoms with van der Waals surface area (Å²) in [4.78, 5) is 4.78. The number of phenols is 1. The molecule has 2 heterocycles. The zero-order chi connectivity index (χ0) is 23.2. The maximum absolute atomic E-state index is 13.0. The first-order valence-corrected chi connectivity index (χ1v) is 10.5.